The van der Waals surface area contributed by atoms with Crippen LogP contribution in [0.2, 0.25) is 5.02 Å². The quantitative estimate of drug-likeness (QED) is 0.807. The first-order valence-electron chi connectivity index (χ1n) is 6.51. The van der Waals surface area contributed by atoms with Crippen LogP contribution in [0.3, 0.4) is 0 Å². The van der Waals surface area contributed by atoms with Gasteiger partial charge in [0.05, 0.1) is 10.7 Å². The number of fused-ring (bicyclic) bond motifs is 1. The van der Waals surface area contributed by atoms with Gasteiger partial charge in [-0.2, -0.15) is 0 Å². The average Bonchev–Trinajstić information content (AvgIpc) is 2.43. The maximum Gasteiger partial charge on any atom is 0.0638 e. The SMILES string of the molecule is Clc1ccc(Br)cc1NC1CCc2ccccc2C1. The molecule has 1 atom stereocenters. The highest BCUT2D eigenvalue weighted by Crippen LogP contribution is 2.29. The smallest absolute Gasteiger partial charge is 0.0638 e. The number of rotatable bonds is 2. The lowest BCUT2D eigenvalue weighted by Crippen LogP contribution is -2.27. The minimum absolute atomic E-state index is 0.460. The van der Waals surface area contributed by atoms with E-state index in [0.717, 1.165) is 34.4 Å². The summed E-state index contributed by atoms with van der Waals surface area (Å²) < 4.78 is 1.05. The third kappa shape index (κ3) is 2.96. The summed E-state index contributed by atoms with van der Waals surface area (Å²) in [4.78, 5) is 0. The van der Waals surface area contributed by atoms with E-state index < -0.39 is 0 Å². The summed E-state index contributed by atoms with van der Waals surface area (Å²) in [5.74, 6) is 0. The van der Waals surface area contributed by atoms with Crippen LogP contribution in [0.1, 0.15) is 17.5 Å². The van der Waals surface area contributed by atoms with Crippen LogP contribution in [0.4, 0.5) is 5.69 Å². The lowest BCUT2D eigenvalue weighted by molar-refractivity contribution is 0.611. The molecule has 3 rings (SSSR count). The van der Waals surface area contributed by atoms with Crippen molar-refractivity contribution in [1.82, 2.24) is 0 Å². The molecule has 0 saturated carbocycles. The summed E-state index contributed by atoms with van der Waals surface area (Å²) in [5, 5.41) is 4.35. The van der Waals surface area contributed by atoms with Crippen LogP contribution in [0, 0.1) is 0 Å². The molecule has 2 aromatic carbocycles. The van der Waals surface area contributed by atoms with Gasteiger partial charge < -0.3 is 5.32 Å². The number of hydrogen-bond acceptors (Lipinski definition) is 1. The molecule has 2 aromatic rings. The van der Waals surface area contributed by atoms with Gasteiger partial charge in [0, 0.05) is 10.5 Å². The second-order valence-corrected chi connectivity index (χ2v) is 6.30. The van der Waals surface area contributed by atoms with E-state index in [9.17, 15) is 0 Å². The number of hydrogen-bond donors (Lipinski definition) is 1. The van der Waals surface area contributed by atoms with Gasteiger partial charge in [0.1, 0.15) is 0 Å². The molecule has 0 radical (unpaired) electrons. The second kappa shape index (κ2) is 5.56. The second-order valence-electron chi connectivity index (χ2n) is 4.98. The molecule has 19 heavy (non-hydrogen) atoms. The first kappa shape index (κ1) is 13.0. The molecule has 0 heterocycles. The molecular formula is C16H15BrClN. The Bertz CT molecular complexity index is 597. The molecule has 1 N–H and O–H groups in total. The topological polar surface area (TPSA) is 12.0 Å². The molecule has 0 spiro atoms. The van der Waals surface area contributed by atoms with E-state index in [1.165, 1.54) is 11.1 Å². The normalized spacial score (nSPS) is 17.9. The van der Waals surface area contributed by atoms with Crippen LogP contribution in [0.5, 0.6) is 0 Å². The summed E-state index contributed by atoms with van der Waals surface area (Å²) in [5.41, 5.74) is 3.96. The summed E-state index contributed by atoms with van der Waals surface area (Å²) >= 11 is 9.72. The maximum atomic E-state index is 6.23. The molecule has 0 saturated heterocycles. The van der Waals surface area contributed by atoms with Gasteiger partial charge in [-0.1, -0.05) is 51.8 Å². The Morgan fingerprint density at radius 3 is 2.74 bits per heavy atom. The van der Waals surface area contributed by atoms with Crippen molar-refractivity contribution in [3.05, 3.63) is 63.1 Å². The van der Waals surface area contributed by atoms with Crippen molar-refractivity contribution in [2.24, 2.45) is 0 Å². The van der Waals surface area contributed by atoms with E-state index in [1.807, 2.05) is 18.2 Å². The Kier molecular flexibility index (Phi) is 3.81. The molecule has 3 heteroatoms. The fourth-order valence-electron chi connectivity index (χ4n) is 2.65. The fraction of sp³-hybridized carbons (Fsp3) is 0.250. The van der Waals surface area contributed by atoms with E-state index in [4.69, 9.17) is 11.6 Å². The van der Waals surface area contributed by atoms with Gasteiger partial charge in [-0.3, -0.25) is 0 Å². The number of aryl methyl sites for hydroxylation is 1. The molecular weight excluding hydrogens is 322 g/mol. The van der Waals surface area contributed by atoms with Crippen LogP contribution < -0.4 is 5.32 Å². The fourth-order valence-corrected chi connectivity index (χ4v) is 3.18. The number of benzene rings is 2. The minimum atomic E-state index is 0.460. The van der Waals surface area contributed by atoms with Gasteiger partial charge in [-0.25, -0.2) is 0 Å². The highest BCUT2D eigenvalue weighted by Gasteiger charge is 2.18. The van der Waals surface area contributed by atoms with Crippen molar-refractivity contribution in [3.63, 3.8) is 0 Å². The van der Waals surface area contributed by atoms with Crippen LogP contribution >= 0.6 is 27.5 Å². The molecule has 0 aromatic heterocycles. The monoisotopic (exact) mass is 335 g/mol. The summed E-state index contributed by atoms with van der Waals surface area (Å²) in [6.07, 6.45) is 3.36. The minimum Gasteiger partial charge on any atom is -0.381 e. The van der Waals surface area contributed by atoms with Crippen molar-refractivity contribution in [3.8, 4) is 0 Å². The summed E-state index contributed by atoms with van der Waals surface area (Å²) in [6, 6.07) is 15.1. The zero-order valence-corrected chi connectivity index (χ0v) is 12.8. The molecule has 1 aliphatic rings. The molecule has 1 unspecified atom stereocenters. The zero-order chi connectivity index (χ0) is 13.2. The molecule has 1 aliphatic carbocycles. The van der Waals surface area contributed by atoms with Crippen molar-refractivity contribution in [1.29, 1.82) is 0 Å². The van der Waals surface area contributed by atoms with E-state index in [0.29, 0.717) is 6.04 Å². The van der Waals surface area contributed by atoms with Crippen LogP contribution in [0.25, 0.3) is 0 Å². The van der Waals surface area contributed by atoms with Gasteiger partial charge in [0.2, 0.25) is 0 Å². The number of nitrogens with one attached hydrogen (secondary N) is 1. The summed E-state index contributed by atoms with van der Waals surface area (Å²) in [7, 11) is 0. The first-order chi connectivity index (χ1) is 9.22. The summed E-state index contributed by atoms with van der Waals surface area (Å²) in [6.45, 7) is 0. The third-order valence-corrected chi connectivity index (χ3v) is 4.46. The van der Waals surface area contributed by atoms with Crippen LogP contribution in [-0.4, -0.2) is 6.04 Å². The Labute approximate surface area is 127 Å². The molecule has 98 valence electrons. The Morgan fingerprint density at radius 1 is 1.11 bits per heavy atom. The Hall–Kier alpha value is -0.990. The Balaban J connectivity index is 1.77. The highest BCUT2D eigenvalue weighted by molar-refractivity contribution is 9.10. The van der Waals surface area contributed by atoms with Crippen LogP contribution in [-0.2, 0) is 12.8 Å². The van der Waals surface area contributed by atoms with Gasteiger partial charge in [0.15, 0.2) is 0 Å². The largest absolute Gasteiger partial charge is 0.381 e. The lowest BCUT2D eigenvalue weighted by Gasteiger charge is -2.26. The average molecular weight is 337 g/mol. The van der Waals surface area contributed by atoms with Crippen molar-refractivity contribution < 1.29 is 0 Å². The van der Waals surface area contributed by atoms with Gasteiger partial charge in [0.25, 0.3) is 0 Å². The molecule has 0 bridgehead atoms. The van der Waals surface area contributed by atoms with Gasteiger partial charge in [-0.05, 0) is 48.6 Å². The third-order valence-electron chi connectivity index (χ3n) is 3.63. The first-order valence-corrected chi connectivity index (χ1v) is 7.68. The maximum absolute atomic E-state index is 6.23. The van der Waals surface area contributed by atoms with E-state index >= 15 is 0 Å². The zero-order valence-electron chi connectivity index (χ0n) is 10.5. The number of halogens is 2. The highest BCUT2D eigenvalue weighted by atomic mass is 79.9. The molecule has 0 fully saturated rings. The van der Waals surface area contributed by atoms with Crippen molar-refractivity contribution in [2.75, 3.05) is 5.32 Å². The predicted molar refractivity (Wildman–Crippen MR) is 85.0 cm³/mol. The van der Waals surface area contributed by atoms with Gasteiger partial charge >= 0.3 is 0 Å². The van der Waals surface area contributed by atoms with Gasteiger partial charge in [-0.15, -0.1) is 0 Å². The number of anilines is 1. The van der Waals surface area contributed by atoms with Crippen molar-refractivity contribution in [2.45, 2.75) is 25.3 Å². The Morgan fingerprint density at radius 2 is 1.89 bits per heavy atom. The predicted octanol–water partition coefficient (Wildman–Crippen LogP) is 5.07. The standard InChI is InChI=1S/C16H15BrClN/c17-13-6-8-15(18)16(10-13)19-14-7-5-11-3-1-2-4-12(11)9-14/h1-4,6,8,10,14,19H,5,7,9H2. The lowest BCUT2D eigenvalue weighted by atomic mass is 9.88. The van der Waals surface area contributed by atoms with Crippen molar-refractivity contribution >= 4 is 33.2 Å². The van der Waals surface area contributed by atoms with E-state index in [2.05, 4.69) is 45.5 Å². The molecule has 0 amide bonds. The molecule has 0 aliphatic heterocycles. The van der Waals surface area contributed by atoms with E-state index in [1.54, 1.807) is 0 Å². The molecule has 1 nitrogen and oxygen atoms in total. The van der Waals surface area contributed by atoms with Crippen LogP contribution in [0.15, 0.2) is 46.9 Å². The van der Waals surface area contributed by atoms with E-state index in [-0.39, 0.29) is 0 Å².